The van der Waals surface area contributed by atoms with E-state index < -0.39 is 11.8 Å². The van der Waals surface area contributed by atoms with Crippen LogP contribution in [0.15, 0.2) is 24.3 Å². The summed E-state index contributed by atoms with van der Waals surface area (Å²) in [5.74, 6) is 1.00. The van der Waals surface area contributed by atoms with E-state index in [1.807, 2.05) is 11.8 Å². The Morgan fingerprint density at radius 3 is 2.95 bits per heavy atom. The molecule has 0 spiro atoms. The van der Waals surface area contributed by atoms with Crippen LogP contribution in [0.5, 0.6) is 5.75 Å². The lowest BCUT2D eigenvalue weighted by atomic mass is 10.2. The SMILES string of the molecule is CCSCCCOc1cc(F)cc(/C=C/C(=O)O)c1. The number of carboxylic acid groups (broad SMARTS) is 1. The van der Waals surface area contributed by atoms with Gasteiger partial charge in [-0.05, 0) is 41.7 Å². The average Bonchev–Trinajstić information content (AvgIpc) is 2.35. The number of benzene rings is 1. The molecule has 0 bridgehead atoms. The van der Waals surface area contributed by atoms with Crippen LogP contribution in [0.2, 0.25) is 0 Å². The van der Waals surface area contributed by atoms with Gasteiger partial charge in [0, 0.05) is 12.1 Å². The first-order chi connectivity index (χ1) is 9.11. The molecular formula is C14H17FO3S. The van der Waals surface area contributed by atoms with E-state index >= 15 is 0 Å². The predicted molar refractivity (Wildman–Crippen MR) is 76.2 cm³/mol. The molecule has 0 amide bonds. The third-order valence-electron chi connectivity index (χ3n) is 2.22. The van der Waals surface area contributed by atoms with E-state index in [9.17, 15) is 9.18 Å². The van der Waals surface area contributed by atoms with E-state index in [1.54, 1.807) is 6.07 Å². The average molecular weight is 284 g/mol. The molecule has 0 saturated carbocycles. The van der Waals surface area contributed by atoms with E-state index in [0.29, 0.717) is 17.9 Å². The fourth-order valence-electron chi connectivity index (χ4n) is 1.43. The molecule has 104 valence electrons. The van der Waals surface area contributed by atoms with Crippen LogP contribution in [0.25, 0.3) is 6.08 Å². The molecular weight excluding hydrogens is 267 g/mol. The number of carbonyl (C=O) groups is 1. The van der Waals surface area contributed by atoms with Gasteiger partial charge in [0.1, 0.15) is 11.6 Å². The summed E-state index contributed by atoms with van der Waals surface area (Å²) in [7, 11) is 0. The maximum atomic E-state index is 13.3. The van der Waals surface area contributed by atoms with Crippen LogP contribution in [0.3, 0.4) is 0 Å². The number of hydrogen-bond acceptors (Lipinski definition) is 3. The maximum Gasteiger partial charge on any atom is 0.328 e. The predicted octanol–water partition coefficient (Wildman–Crippen LogP) is 3.45. The van der Waals surface area contributed by atoms with Crippen molar-refractivity contribution in [3.63, 3.8) is 0 Å². The molecule has 1 rings (SSSR count). The molecule has 0 heterocycles. The van der Waals surface area contributed by atoms with E-state index in [-0.39, 0.29) is 0 Å². The second-order valence-electron chi connectivity index (χ2n) is 3.79. The quantitative estimate of drug-likeness (QED) is 0.586. The molecule has 1 aromatic carbocycles. The Hall–Kier alpha value is -1.49. The van der Waals surface area contributed by atoms with Crippen LogP contribution in [-0.4, -0.2) is 29.2 Å². The molecule has 1 N–H and O–H groups in total. The molecule has 0 atom stereocenters. The second kappa shape index (κ2) is 8.58. The normalized spacial score (nSPS) is 10.8. The van der Waals surface area contributed by atoms with Gasteiger partial charge in [0.05, 0.1) is 6.61 Å². The molecule has 0 saturated heterocycles. The van der Waals surface area contributed by atoms with Crippen molar-refractivity contribution < 1.29 is 19.0 Å². The minimum atomic E-state index is -1.07. The lowest BCUT2D eigenvalue weighted by Crippen LogP contribution is -1.99. The third kappa shape index (κ3) is 6.86. The van der Waals surface area contributed by atoms with Crippen LogP contribution in [0, 0.1) is 5.82 Å². The summed E-state index contributed by atoms with van der Waals surface area (Å²) in [4.78, 5) is 10.4. The highest BCUT2D eigenvalue weighted by molar-refractivity contribution is 7.99. The van der Waals surface area contributed by atoms with Crippen molar-refractivity contribution in [2.45, 2.75) is 13.3 Å². The van der Waals surface area contributed by atoms with Crippen LogP contribution in [0.4, 0.5) is 4.39 Å². The number of aliphatic carboxylic acids is 1. The molecule has 0 aliphatic heterocycles. The zero-order valence-corrected chi connectivity index (χ0v) is 11.6. The smallest absolute Gasteiger partial charge is 0.328 e. The van der Waals surface area contributed by atoms with Crippen molar-refractivity contribution in [2.75, 3.05) is 18.1 Å². The standard InChI is InChI=1S/C14H17FO3S/c1-2-19-7-3-6-18-13-9-11(4-5-14(16)17)8-12(15)10-13/h4-5,8-10H,2-3,6-7H2,1H3,(H,16,17)/b5-4+. The Labute approximate surface area is 116 Å². The van der Waals surface area contributed by atoms with Gasteiger partial charge < -0.3 is 9.84 Å². The molecule has 0 radical (unpaired) electrons. The highest BCUT2D eigenvalue weighted by Crippen LogP contribution is 2.18. The highest BCUT2D eigenvalue weighted by Gasteiger charge is 2.01. The van der Waals surface area contributed by atoms with Crippen molar-refractivity contribution in [2.24, 2.45) is 0 Å². The summed E-state index contributed by atoms with van der Waals surface area (Å²) in [6.07, 6.45) is 3.21. The summed E-state index contributed by atoms with van der Waals surface area (Å²) in [5, 5.41) is 8.52. The van der Waals surface area contributed by atoms with Gasteiger partial charge in [-0.3, -0.25) is 0 Å². The minimum Gasteiger partial charge on any atom is -0.493 e. The lowest BCUT2D eigenvalue weighted by Gasteiger charge is -2.07. The zero-order chi connectivity index (χ0) is 14.1. The van der Waals surface area contributed by atoms with E-state index in [0.717, 1.165) is 24.0 Å². The molecule has 5 heteroatoms. The van der Waals surface area contributed by atoms with Gasteiger partial charge in [0.2, 0.25) is 0 Å². The first-order valence-electron chi connectivity index (χ1n) is 6.04. The number of hydrogen-bond donors (Lipinski definition) is 1. The van der Waals surface area contributed by atoms with Crippen LogP contribution < -0.4 is 4.74 Å². The highest BCUT2D eigenvalue weighted by atomic mass is 32.2. The molecule has 1 aromatic rings. The fourth-order valence-corrected chi connectivity index (χ4v) is 2.04. The third-order valence-corrected chi connectivity index (χ3v) is 3.20. The maximum absolute atomic E-state index is 13.3. The summed E-state index contributed by atoms with van der Waals surface area (Å²) >= 11 is 1.83. The molecule has 0 aromatic heterocycles. The summed E-state index contributed by atoms with van der Waals surface area (Å²) in [5.41, 5.74) is 0.473. The Morgan fingerprint density at radius 1 is 1.47 bits per heavy atom. The summed E-state index contributed by atoms with van der Waals surface area (Å²) < 4.78 is 18.8. The number of carboxylic acids is 1. The van der Waals surface area contributed by atoms with E-state index in [1.165, 1.54) is 18.2 Å². The van der Waals surface area contributed by atoms with Crippen LogP contribution in [-0.2, 0) is 4.79 Å². The van der Waals surface area contributed by atoms with Crippen LogP contribution in [0.1, 0.15) is 18.9 Å². The van der Waals surface area contributed by atoms with Crippen LogP contribution >= 0.6 is 11.8 Å². The van der Waals surface area contributed by atoms with Crippen molar-refractivity contribution in [1.82, 2.24) is 0 Å². The number of ether oxygens (including phenoxy) is 1. The van der Waals surface area contributed by atoms with Gasteiger partial charge in [0.25, 0.3) is 0 Å². The number of rotatable bonds is 8. The summed E-state index contributed by atoms with van der Waals surface area (Å²) in [6, 6.07) is 4.18. The number of thioether (sulfide) groups is 1. The first kappa shape index (κ1) is 15.6. The van der Waals surface area contributed by atoms with Gasteiger partial charge >= 0.3 is 5.97 Å². The molecule has 0 aliphatic carbocycles. The molecule has 0 unspecified atom stereocenters. The molecule has 0 aliphatic rings. The van der Waals surface area contributed by atoms with Gasteiger partial charge in [-0.1, -0.05) is 6.92 Å². The largest absolute Gasteiger partial charge is 0.493 e. The van der Waals surface area contributed by atoms with Gasteiger partial charge in [-0.15, -0.1) is 0 Å². The lowest BCUT2D eigenvalue weighted by molar-refractivity contribution is -0.131. The Bertz CT molecular complexity index is 446. The molecule has 3 nitrogen and oxygen atoms in total. The second-order valence-corrected chi connectivity index (χ2v) is 5.18. The Kier molecular flexibility index (Phi) is 7.03. The fraction of sp³-hybridized carbons (Fsp3) is 0.357. The molecule has 0 fully saturated rings. The van der Waals surface area contributed by atoms with Gasteiger partial charge in [-0.2, -0.15) is 11.8 Å². The Balaban J connectivity index is 2.56. The van der Waals surface area contributed by atoms with E-state index in [2.05, 4.69) is 6.92 Å². The number of halogens is 1. The van der Waals surface area contributed by atoms with Crippen molar-refractivity contribution >= 4 is 23.8 Å². The van der Waals surface area contributed by atoms with Crippen molar-refractivity contribution in [3.8, 4) is 5.75 Å². The first-order valence-corrected chi connectivity index (χ1v) is 7.19. The zero-order valence-electron chi connectivity index (χ0n) is 10.8. The van der Waals surface area contributed by atoms with Crippen molar-refractivity contribution in [1.29, 1.82) is 0 Å². The van der Waals surface area contributed by atoms with Gasteiger partial charge in [-0.25, -0.2) is 9.18 Å². The van der Waals surface area contributed by atoms with Gasteiger partial charge in [0.15, 0.2) is 0 Å². The topological polar surface area (TPSA) is 46.5 Å². The minimum absolute atomic E-state index is 0.423. The monoisotopic (exact) mass is 284 g/mol. The molecule has 19 heavy (non-hydrogen) atoms. The van der Waals surface area contributed by atoms with E-state index in [4.69, 9.17) is 9.84 Å². The Morgan fingerprint density at radius 2 is 2.26 bits per heavy atom. The summed E-state index contributed by atoms with van der Waals surface area (Å²) in [6.45, 7) is 2.62. The van der Waals surface area contributed by atoms with Crippen molar-refractivity contribution in [3.05, 3.63) is 35.7 Å².